The SMILES string of the molecule is CC.CCC(S)CN. The molecule has 0 amide bonds. The van der Waals surface area contributed by atoms with E-state index >= 15 is 0 Å². The predicted molar refractivity (Wildman–Crippen MR) is 43.5 cm³/mol. The van der Waals surface area contributed by atoms with Crippen LogP contribution in [0.25, 0.3) is 0 Å². The largest absolute Gasteiger partial charge is 0.329 e. The third-order valence-electron chi connectivity index (χ3n) is 0.743. The normalized spacial score (nSPS) is 11.6. The molecule has 0 bridgehead atoms. The Hall–Kier alpha value is 0.310. The van der Waals surface area contributed by atoms with Crippen LogP contribution < -0.4 is 5.73 Å². The Morgan fingerprint density at radius 2 is 1.88 bits per heavy atom. The molecule has 0 rings (SSSR count). The average molecular weight is 135 g/mol. The van der Waals surface area contributed by atoms with Crippen molar-refractivity contribution < 1.29 is 0 Å². The fourth-order valence-electron chi connectivity index (χ4n) is 0.167. The van der Waals surface area contributed by atoms with E-state index in [4.69, 9.17) is 5.73 Å². The zero-order chi connectivity index (χ0) is 6.99. The molecule has 0 aliphatic carbocycles. The van der Waals surface area contributed by atoms with Crippen LogP contribution in [0.4, 0.5) is 0 Å². The van der Waals surface area contributed by atoms with Crippen molar-refractivity contribution in [3.8, 4) is 0 Å². The Balaban J connectivity index is 0. The third kappa shape index (κ3) is 9.58. The van der Waals surface area contributed by atoms with Crippen LogP contribution in [0.5, 0.6) is 0 Å². The molecule has 0 saturated carbocycles. The summed E-state index contributed by atoms with van der Waals surface area (Å²) in [5.41, 5.74) is 5.21. The Morgan fingerprint density at radius 3 is 1.88 bits per heavy atom. The highest BCUT2D eigenvalue weighted by Gasteiger charge is 1.90. The molecule has 2 heteroatoms. The van der Waals surface area contributed by atoms with Gasteiger partial charge in [0.25, 0.3) is 0 Å². The maximum absolute atomic E-state index is 5.21. The monoisotopic (exact) mass is 135 g/mol. The van der Waals surface area contributed by atoms with E-state index in [0.29, 0.717) is 11.8 Å². The number of thiol groups is 1. The number of hydrogen-bond donors (Lipinski definition) is 2. The van der Waals surface area contributed by atoms with E-state index in [-0.39, 0.29) is 0 Å². The maximum atomic E-state index is 5.21. The highest BCUT2D eigenvalue weighted by molar-refractivity contribution is 7.81. The lowest BCUT2D eigenvalue weighted by Crippen LogP contribution is -2.12. The summed E-state index contributed by atoms with van der Waals surface area (Å²) in [6.45, 7) is 6.77. The van der Waals surface area contributed by atoms with Crippen molar-refractivity contribution in [1.82, 2.24) is 0 Å². The van der Waals surface area contributed by atoms with Crippen LogP contribution in [0.15, 0.2) is 0 Å². The molecule has 1 nitrogen and oxygen atoms in total. The minimum atomic E-state index is 0.407. The molecule has 0 radical (unpaired) electrons. The molecule has 0 fully saturated rings. The first-order valence-electron chi connectivity index (χ1n) is 3.19. The van der Waals surface area contributed by atoms with Crippen LogP contribution in [-0.4, -0.2) is 11.8 Å². The van der Waals surface area contributed by atoms with E-state index < -0.39 is 0 Å². The number of nitrogens with two attached hydrogens (primary N) is 1. The summed E-state index contributed by atoms with van der Waals surface area (Å²) in [5.74, 6) is 0. The topological polar surface area (TPSA) is 26.0 Å². The minimum absolute atomic E-state index is 0.407. The zero-order valence-electron chi connectivity index (χ0n) is 6.02. The minimum Gasteiger partial charge on any atom is -0.329 e. The van der Waals surface area contributed by atoms with Gasteiger partial charge in [-0.2, -0.15) is 12.6 Å². The van der Waals surface area contributed by atoms with E-state index in [1.54, 1.807) is 0 Å². The Kier molecular flexibility index (Phi) is 14.4. The second kappa shape index (κ2) is 10.3. The lowest BCUT2D eigenvalue weighted by molar-refractivity contribution is 0.833. The zero-order valence-corrected chi connectivity index (χ0v) is 6.91. The van der Waals surface area contributed by atoms with Gasteiger partial charge in [-0.15, -0.1) is 0 Å². The van der Waals surface area contributed by atoms with Gasteiger partial charge in [0.2, 0.25) is 0 Å². The van der Waals surface area contributed by atoms with Crippen LogP contribution in [-0.2, 0) is 0 Å². The summed E-state index contributed by atoms with van der Waals surface area (Å²) in [6, 6.07) is 0. The fourth-order valence-corrected chi connectivity index (χ4v) is 0.167. The highest BCUT2D eigenvalue weighted by atomic mass is 32.1. The second-order valence-corrected chi connectivity index (χ2v) is 2.03. The molecule has 0 spiro atoms. The van der Waals surface area contributed by atoms with Crippen molar-refractivity contribution in [2.24, 2.45) is 5.73 Å². The van der Waals surface area contributed by atoms with Crippen LogP contribution in [0.3, 0.4) is 0 Å². The summed E-state index contributed by atoms with van der Waals surface area (Å²) >= 11 is 4.10. The first-order valence-corrected chi connectivity index (χ1v) is 3.71. The van der Waals surface area contributed by atoms with Crippen molar-refractivity contribution in [1.29, 1.82) is 0 Å². The molecule has 0 aromatic heterocycles. The van der Waals surface area contributed by atoms with Crippen molar-refractivity contribution in [2.45, 2.75) is 32.4 Å². The van der Waals surface area contributed by atoms with Gasteiger partial charge in [-0.25, -0.2) is 0 Å². The van der Waals surface area contributed by atoms with Gasteiger partial charge in [-0.1, -0.05) is 20.8 Å². The molecule has 52 valence electrons. The molecule has 0 saturated heterocycles. The van der Waals surface area contributed by atoms with Gasteiger partial charge >= 0.3 is 0 Å². The van der Waals surface area contributed by atoms with Gasteiger partial charge in [-0.3, -0.25) is 0 Å². The third-order valence-corrected chi connectivity index (χ3v) is 1.32. The summed E-state index contributed by atoms with van der Waals surface area (Å²) < 4.78 is 0. The second-order valence-electron chi connectivity index (χ2n) is 1.30. The smallest absolute Gasteiger partial charge is 0.0137 e. The molecule has 1 unspecified atom stereocenters. The Labute approximate surface area is 58.1 Å². The predicted octanol–water partition coefficient (Wildman–Crippen LogP) is 1.68. The molecule has 0 aromatic carbocycles. The standard InChI is InChI=1S/C4H11NS.C2H6/c1-2-4(6)3-5;1-2/h4,6H,2-3,5H2,1H3;1-2H3. The lowest BCUT2D eigenvalue weighted by Gasteiger charge is -1.98. The first-order chi connectivity index (χ1) is 3.81. The van der Waals surface area contributed by atoms with E-state index in [2.05, 4.69) is 19.6 Å². The molecule has 1 atom stereocenters. The molecule has 2 N–H and O–H groups in total. The van der Waals surface area contributed by atoms with E-state index in [0.717, 1.165) is 6.42 Å². The highest BCUT2D eigenvalue weighted by Crippen LogP contribution is 1.94. The van der Waals surface area contributed by atoms with Gasteiger partial charge in [0, 0.05) is 11.8 Å². The van der Waals surface area contributed by atoms with Crippen LogP contribution >= 0.6 is 12.6 Å². The Bertz CT molecular complexity index is 27.7. The molecular formula is C6H17NS. The van der Waals surface area contributed by atoms with E-state index in [9.17, 15) is 0 Å². The van der Waals surface area contributed by atoms with E-state index in [1.807, 2.05) is 13.8 Å². The molecule has 0 aliphatic heterocycles. The van der Waals surface area contributed by atoms with Gasteiger partial charge in [0.05, 0.1) is 0 Å². The number of rotatable bonds is 2. The number of hydrogen-bond acceptors (Lipinski definition) is 2. The van der Waals surface area contributed by atoms with E-state index in [1.165, 1.54) is 0 Å². The Morgan fingerprint density at radius 1 is 1.50 bits per heavy atom. The molecular weight excluding hydrogens is 118 g/mol. The van der Waals surface area contributed by atoms with Gasteiger partial charge < -0.3 is 5.73 Å². The first kappa shape index (κ1) is 11.2. The summed E-state index contributed by atoms with van der Waals surface area (Å²) in [4.78, 5) is 0. The van der Waals surface area contributed by atoms with Crippen LogP contribution in [0.1, 0.15) is 27.2 Å². The summed E-state index contributed by atoms with van der Waals surface area (Å²) in [7, 11) is 0. The van der Waals surface area contributed by atoms with Crippen molar-refractivity contribution in [3.63, 3.8) is 0 Å². The summed E-state index contributed by atoms with van der Waals surface area (Å²) in [6.07, 6.45) is 1.07. The fraction of sp³-hybridized carbons (Fsp3) is 1.00. The maximum Gasteiger partial charge on any atom is 0.0137 e. The van der Waals surface area contributed by atoms with Crippen LogP contribution in [0, 0.1) is 0 Å². The lowest BCUT2D eigenvalue weighted by atomic mass is 10.3. The van der Waals surface area contributed by atoms with Crippen molar-refractivity contribution >= 4 is 12.6 Å². The molecule has 0 aliphatic rings. The quantitative estimate of drug-likeness (QED) is 0.554. The van der Waals surface area contributed by atoms with Gasteiger partial charge in [0.1, 0.15) is 0 Å². The van der Waals surface area contributed by atoms with Gasteiger partial charge in [-0.05, 0) is 6.42 Å². The van der Waals surface area contributed by atoms with Crippen molar-refractivity contribution in [2.75, 3.05) is 6.54 Å². The van der Waals surface area contributed by atoms with Crippen molar-refractivity contribution in [3.05, 3.63) is 0 Å². The molecule has 0 aromatic rings. The average Bonchev–Trinajstić information content (AvgIpc) is 1.91. The van der Waals surface area contributed by atoms with Gasteiger partial charge in [0.15, 0.2) is 0 Å². The van der Waals surface area contributed by atoms with Crippen LogP contribution in [0.2, 0.25) is 0 Å². The molecule has 8 heavy (non-hydrogen) atoms. The summed E-state index contributed by atoms with van der Waals surface area (Å²) in [5, 5.41) is 0.407. The molecule has 0 heterocycles.